The van der Waals surface area contributed by atoms with Crippen LogP contribution in [-0.2, 0) is 11.2 Å². The summed E-state index contributed by atoms with van der Waals surface area (Å²) < 4.78 is 5.11. The van der Waals surface area contributed by atoms with E-state index in [4.69, 9.17) is 9.63 Å². The van der Waals surface area contributed by atoms with Crippen molar-refractivity contribution in [3.63, 3.8) is 0 Å². The quantitative estimate of drug-likeness (QED) is 0.878. The summed E-state index contributed by atoms with van der Waals surface area (Å²) in [4.78, 5) is 10.5. The van der Waals surface area contributed by atoms with Crippen molar-refractivity contribution < 1.29 is 14.4 Å². The number of nitrogens with zero attached hydrogens (tertiary/aromatic N) is 1. The van der Waals surface area contributed by atoms with Gasteiger partial charge in [-0.05, 0) is 18.1 Å². The number of carboxylic acid groups (broad SMARTS) is 1. The molecular weight excluding hydrogens is 218 g/mol. The minimum Gasteiger partial charge on any atom is -0.481 e. The maximum absolute atomic E-state index is 10.5. The molecule has 0 spiro atoms. The van der Waals surface area contributed by atoms with Gasteiger partial charge in [-0.25, -0.2) is 0 Å². The molecule has 1 N–H and O–H groups in total. The Hall–Kier alpha value is -2.10. The third kappa shape index (κ3) is 2.53. The maximum atomic E-state index is 10.5. The van der Waals surface area contributed by atoms with E-state index in [0.717, 1.165) is 16.7 Å². The standard InChI is InChI=1S/C13H13NO3/c1-9-4-2-3-5-10(9)11-8-14-17-12(11)6-7-13(15)16/h2-5,8H,6-7H2,1H3,(H,15,16). The van der Waals surface area contributed by atoms with Crippen molar-refractivity contribution in [3.05, 3.63) is 41.8 Å². The van der Waals surface area contributed by atoms with Gasteiger partial charge in [0.15, 0.2) is 0 Å². The fourth-order valence-corrected chi connectivity index (χ4v) is 1.76. The van der Waals surface area contributed by atoms with E-state index >= 15 is 0 Å². The van der Waals surface area contributed by atoms with Crippen LogP contribution < -0.4 is 0 Å². The van der Waals surface area contributed by atoms with Gasteiger partial charge in [-0.15, -0.1) is 0 Å². The molecule has 4 heteroatoms. The zero-order valence-electron chi connectivity index (χ0n) is 9.51. The number of hydrogen-bond donors (Lipinski definition) is 1. The molecule has 0 atom stereocenters. The number of aromatic nitrogens is 1. The first kappa shape index (κ1) is 11.4. The molecule has 0 aliphatic carbocycles. The molecule has 0 saturated carbocycles. The van der Waals surface area contributed by atoms with E-state index in [-0.39, 0.29) is 6.42 Å². The molecule has 1 heterocycles. The highest BCUT2D eigenvalue weighted by molar-refractivity contribution is 5.70. The summed E-state index contributed by atoms with van der Waals surface area (Å²) in [6.07, 6.45) is 2.05. The number of carbonyl (C=O) groups is 1. The van der Waals surface area contributed by atoms with Gasteiger partial charge in [0.2, 0.25) is 0 Å². The third-order valence-electron chi connectivity index (χ3n) is 2.65. The molecular formula is C13H13NO3. The van der Waals surface area contributed by atoms with Crippen molar-refractivity contribution in [3.8, 4) is 11.1 Å². The molecule has 2 aromatic rings. The molecule has 17 heavy (non-hydrogen) atoms. The van der Waals surface area contributed by atoms with Gasteiger partial charge in [0.05, 0.1) is 12.6 Å². The smallest absolute Gasteiger partial charge is 0.303 e. The van der Waals surface area contributed by atoms with Crippen molar-refractivity contribution in [2.24, 2.45) is 0 Å². The predicted molar refractivity (Wildman–Crippen MR) is 62.6 cm³/mol. The lowest BCUT2D eigenvalue weighted by Gasteiger charge is -2.03. The van der Waals surface area contributed by atoms with Crippen LogP contribution in [-0.4, -0.2) is 16.2 Å². The van der Waals surface area contributed by atoms with Crippen molar-refractivity contribution in [2.75, 3.05) is 0 Å². The molecule has 2 rings (SSSR count). The zero-order valence-corrected chi connectivity index (χ0v) is 9.51. The fourth-order valence-electron chi connectivity index (χ4n) is 1.76. The number of benzene rings is 1. The Morgan fingerprint density at radius 1 is 1.35 bits per heavy atom. The van der Waals surface area contributed by atoms with Crippen LogP contribution >= 0.6 is 0 Å². The summed E-state index contributed by atoms with van der Waals surface area (Å²) >= 11 is 0. The fraction of sp³-hybridized carbons (Fsp3) is 0.231. The van der Waals surface area contributed by atoms with Crippen LogP contribution in [0.2, 0.25) is 0 Å². The number of rotatable bonds is 4. The SMILES string of the molecule is Cc1ccccc1-c1cnoc1CCC(=O)O. The zero-order chi connectivity index (χ0) is 12.3. The first-order valence-electron chi connectivity index (χ1n) is 5.40. The van der Waals surface area contributed by atoms with Crippen LogP contribution in [0.4, 0.5) is 0 Å². The Morgan fingerprint density at radius 2 is 2.12 bits per heavy atom. The van der Waals surface area contributed by atoms with Gasteiger partial charge in [0, 0.05) is 12.0 Å². The Morgan fingerprint density at radius 3 is 2.82 bits per heavy atom. The Kier molecular flexibility index (Phi) is 3.23. The molecule has 1 aromatic carbocycles. The molecule has 0 amide bonds. The average molecular weight is 231 g/mol. The second-order valence-electron chi connectivity index (χ2n) is 3.87. The normalized spacial score (nSPS) is 10.4. The topological polar surface area (TPSA) is 63.3 Å². The van der Waals surface area contributed by atoms with Crippen LogP contribution in [0.1, 0.15) is 17.7 Å². The van der Waals surface area contributed by atoms with E-state index in [9.17, 15) is 4.79 Å². The minimum atomic E-state index is -0.836. The van der Waals surface area contributed by atoms with Crippen LogP contribution in [0.25, 0.3) is 11.1 Å². The summed E-state index contributed by atoms with van der Waals surface area (Å²) in [7, 11) is 0. The lowest BCUT2D eigenvalue weighted by Crippen LogP contribution is -1.97. The molecule has 0 radical (unpaired) electrons. The maximum Gasteiger partial charge on any atom is 0.303 e. The Labute approximate surface area is 98.9 Å². The summed E-state index contributed by atoms with van der Waals surface area (Å²) in [6, 6.07) is 7.88. The summed E-state index contributed by atoms with van der Waals surface area (Å²) in [6.45, 7) is 2.00. The molecule has 0 unspecified atom stereocenters. The average Bonchev–Trinajstić information content (AvgIpc) is 2.75. The van der Waals surface area contributed by atoms with Crippen molar-refractivity contribution >= 4 is 5.97 Å². The number of carboxylic acids is 1. The van der Waals surface area contributed by atoms with Crippen LogP contribution in [0.15, 0.2) is 35.0 Å². The van der Waals surface area contributed by atoms with Gasteiger partial charge in [0.25, 0.3) is 0 Å². The van der Waals surface area contributed by atoms with Crippen LogP contribution in [0.3, 0.4) is 0 Å². The van der Waals surface area contributed by atoms with Crippen molar-refractivity contribution in [1.29, 1.82) is 0 Å². The van der Waals surface area contributed by atoms with Gasteiger partial charge < -0.3 is 9.63 Å². The van der Waals surface area contributed by atoms with E-state index in [1.807, 2.05) is 31.2 Å². The highest BCUT2D eigenvalue weighted by Gasteiger charge is 2.13. The van der Waals surface area contributed by atoms with E-state index in [2.05, 4.69) is 5.16 Å². The van der Waals surface area contributed by atoms with Crippen LogP contribution in [0.5, 0.6) is 0 Å². The van der Waals surface area contributed by atoms with Gasteiger partial charge in [-0.1, -0.05) is 29.4 Å². The van der Waals surface area contributed by atoms with E-state index in [0.29, 0.717) is 12.2 Å². The number of aliphatic carboxylic acids is 1. The monoisotopic (exact) mass is 231 g/mol. The second-order valence-corrected chi connectivity index (χ2v) is 3.87. The molecule has 88 valence electrons. The van der Waals surface area contributed by atoms with E-state index in [1.54, 1.807) is 6.20 Å². The predicted octanol–water partition coefficient (Wildman–Crippen LogP) is 2.67. The summed E-state index contributed by atoms with van der Waals surface area (Å²) in [5.74, 6) is -0.209. The Balaban J connectivity index is 2.31. The highest BCUT2D eigenvalue weighted by Crippen LogP contribution is 2.27. The van der Waals surface area contributed by atoms with Crippen molar-refractivity contribution in [1.82, 2.24) is 5.16 Å². The lowest BCUT2D eigenvalue weighted by atomic mass is 10.00. The first-order chi connectivity index (χ1) is 8.18. The molecule has 0 saturated heterocycles. The molecule has 0 aliphatic rings. The van der Waals surface area contributed by atoms with E-state index < -0.39 is 5.97 Å². The van der Waals surface area contributed by atoms with Gasteiger partial charge in [-0.2, -0.15) is 0 Å². The number of hydrogen-bond acceptors (Lipinski definition) is 3. The summed E-state index contributed by atoms with van der Waals surface area (Å²) in [5, 5.41) is 12.4. The number of aryl methyl sites for hydroxylation is 2. The molecule has 1 aromatic heterocycles. The van der Waals surface area contributed by atoms with Gasteiger partial charge in [0.1, 0.15) is 5.76 Å². The molecule has 0 aliphatic heterocycles. The lowest BCUT2D eigenvalue weighted by molar-refractivity contribution is -0.137. The van der Waals surface area contributed by atoms with Gasteiger partial charge in [-0.3, -0.25) is 4.79 Å². The first-order valence-corrected chi connectivity index (χ1v) is 5.40. The van der Waals surface area contributed by atoms with Crippen molar-refractivity contribution in [2.45, 2.75) is 19.8 Å². The highest BCUT2D eigenvalue weighted by atomic mass is 16.5. The Bertz CT molecular complexity index is 531. The minimum absolute atomic E-state index is 0.0497. The summed E-state index contributed by atoms with van der Waals surface area (Å²) in [5.41, 5.74) is 3.03. The molecule has 0 bridgehead atoms. The third-order valence-corrected chi connectivity index (χ3v) is 2.65. The van der Waals surface area contributed by atoms with Crippen LogP contribution in [0, 0.1) is 6.92 Å². The van der Waals surface area contributed by atoms with E-state index in [1.165, 1.54) is 0 Å². The molecule has 0 fully saturated rings. The van der Waals surface area contributed by atoms with Gasteiger partial charge >= 0.3 is 5.97 Å². The molecule has 4 nitrogen and oxygen atoms in total. The largest absolute Gasteiger partial charge is 0.481 e. The second kappa shape index (κ2) is 4.82.